The molecule has 1 aliphatic rings. The Morgan fingerprint density at radius 2 is 1.84 bits per heavy atom. The summed E-state index contributed by atoms with van der Waals surface area (Å²) in [6, 6.07) is 6.51. The third-order valence-electron chi connectivity index (χ3n) is 6.10. The molecule has 0 spiro atoms. The predicted octanol–water partition coefficient (Wildman–Crippen LogP) is 4.35. The second-order valence-corrected chi connectivity index (χ2v) is 15.1. The smallest absolute Gasteiger partial charge is 0.323 e. The normalized spacial score (nSPS) is 19.8. The van der Waals surface area contributed by atoms with Crippen LogP contribution in [0.5, 0.6) is 0 Å². The van der Waals surface area contributed by atoms with Crippen LogP contribution in [0.1, 0.15) is 44.5 Å². The van der Waals surface area contributed by atoms with Gasteiger partial charge in [-0.15, -0.1) is 0 Å². The zero-order valence-electron chi connectivity index (χ0n) is 18.9. The van der Waals surface area contributed by atoms with Gasteiger partial charge in [-0.1, -0.05) is 42.6 Å². The van der Waals surface area contributed by atoms with Crippen molar-refractivity contribution in [1.29, 1.82) is 0 Å². The van der Waals surface area contributed by atoms with E-state index in [1.54, 1.807) is 24.3 Å². The van der Waals surface area contributed by atoms with Gasteiger partial charge in [-0.05, 0) is 55.2 Å². The highest BCUT2D eigenvalue weighted by atomic mass is 79.9. The van der Waals surface area contributed by atoms with Crippen LogP contribution in [-0.2, 0) is 14.0 Å². The maximum absolute atomic E-state index is 12.7. The summed E-state index contributed by atoms with van der Waals surface area (Å²) >= 11 is 3.33. The van der Waals surface area contributed by atoms with Crippen molar-refractivity contribution < 1.29 is 23.9 Å². The highest BCUT2D eigenvalue weighted by Gasteiger charge is 2.52. The second kappa shape index (κ2) is 9.68. The average molecular weight is 508 g/mol. The van der Waals surface area contributed by atoms with Gasteiger partial charge in [0.1, 0.15) is 6.54 Å². The molecule has 31 heavy (non-hydrogen) atoms. The molecule has 1 saturated heterocycles. The SMILES string of the molecule is C[C@@H](O[Si](C)(C)C(C)(C)C)[C@@H]1C(=O)N(CC(=O)O)[C@H]1CC#CC(=O)c1ccc(Br)cc1. The number of Topliss-reactive ketones (excluding diaryl/α,β-unsaturated/α-hetero) is 1. The Labute approximate surface area is 193 Å². The van der Waals surface area contributed by atoms with E-state index in [9.17, 15) is 19.5 Å². The average Bonchev–Trinajstić information content (AvgIpc) is 2.64. The van der Waals surface area contributed by atoms with Gasteiger partial charge in [0.05, 0.1) is 18.1 Å². The van der Waals surface area contributed by atoms with Crippen LogP contribution in [0.15, 0.2) is 28.7 Å². The van der Waals surface area contributed by atoms with E-state index in [1.165, 1.54) is 4.90 Å². The summed E-state index contributed by atoms with van der Waals surface area (Å²) in [5, 5.41) is 9.16. The number of rotatable bonds is 7. The molecule has 168 valence electrons. The maximum Gasteiger partial charge on any atom is 0.323 e. The predicted molar refractivity (Wildman–Crippen MR) is 125 cm³/mol. The van der Waals surface area contributed by atoms with Crippen LogP contribution in [0.3, 0.4) is 0 Å². The zero-order valence-corrected chi connectivity index (χ0v) is 21.4. The molecule has 0 radical (unpaired) electrons. The lowest BCUT2D eigenvalue weighted by molar-refractivity contribution is -0.168. The van der Waals surface area contributed by atoms with Crippen molar-refractivity contribution in [3.63, 3.8) is 0 Å². The fraction of sp³-hybridized carbons (Fsp3) is 0.522. The first-order valence-corrected chi connectivity index (χ1v) is 13.9. The minimum atomic E-state index is -2.11. The van der Waals surface area contributed by atoms with E-state index in [1.807, 2.05) is 6.92 Å². The lowest BCUT2D eigenvalue weighted by Gasteiger charge is -2.50. The number of carbonyl (C=O) groups excluding carboxylic acids is 2. The van der Waals surface area contributed by atoms with Crippen LogP contribution in [0.4, 0.5) is 0 Å². The van der Waals surface area contributed by atoms with Gasteiger partial charge in [0, 0.05) is 16.5 Å². The van der Waals surface area contributed by atoms with Crippen molar-refractivity contribution in [1.82, 2.24) is 4.90 Å². The van der Waals surface area contributed by atoms with Crippen LogP contribution in [0, 0.1) is 17.8 Å². The van der Waals surface area contributed by atoms with Crippen molar-refractivity contribution in [2.24, 2.45) is 5.92 Å². The summed E-state index contributed by atoms with van der Waals surface area (Å²) in [7, 11) is -2.11. The first-order valence-electron chi connectivity index (χ1n) is 10.2. The molecule has 1 aromatic carbocycles. The molecule has 0 bridgehead atoms. The Morgan fingerprint density at radius 1 is 1.26 bits per heavy atom. The Morgan fingerprint density at radius 3 is 2.35 bits per heavy atom. The molecule has 1 fully saturated rings. The van der Waals surface area contributed by atoms with Gasteiger partial charge in [-0.2, -0.15) is 0 Å². The minimum absolute atomic E-state index is 0.0127. The molecule has 8 heteroatoms. The number of β-lactam (4-membered cyclic amide) rings is 1. The number of amides is 1. The summed E-state index contributed by atoms with van der Waals surface area (Å²) < 4.78 is 7.26. The van der Waals surface area contributed by atoms with Crippen LogP contribution in [0.25, 0.3) is 0 Å². The first kappa shape index (κ1) is 25.3. The van der Waals surface area contributed by atoms with Crippen LogP contribution in [0.2, 0.25) is 18.1 Å². The number of benzene rings is 1. The molecule has 1 heterocycles. The van der Waals surface area contributed by atoms with E-state index < -0.39 is 26.2 Å². The third kappa shape index (κ3) is 6.06. The van der Waals surface area contributed by atoms with Crippen molar-refractivity contribution in [2.75, 3.05) is 6.54 Å². The van der Waals surface area contributed by atoms with Gasteiger partial charge in [0.2, 0.25) is 11.7 Å². The van der Waals surface area contributed by atoms with E-state index in [0.717, 1.165) is 4.47 Å². The molecule has 3 atom stereocenters. The van der Waals surface area contributed by atoms with Gasteiger partial charge in [0.15, 0.2) is 8.32 Å². The van der Waals surface area contributed by atoms with Crippen LogP contribution < -0.4 is 0 Å². The lowest BCUT2D eigenvalue weighted by Crippen LogP contribution is -2.66. The fourth-order valence-corrected chi connectivity index (χ4v) is 5.04. The highest BCUT2D eigenvalue weighted by molar-refractivity contribution is 9.10. The molecular formula is C23H30BrNO5Si. The molecule has 6 nitrogen and oxygen atoms in total. The molecule has 1 N–H and O–H groups in total. The summed E-state index contributed by atoms with van der Waals surface area (Å²) in [5.74, 6) is 3.38. The first-order chi connectivity index (χ1) is 14.2. The Bertz CT molecular complexity index is 911. The third-order valence-corrected chi connectivity index (χ3v) is 11.2. The van der Waals surface area contributed by atoms with E-state index in [2.05, 4.69) is 61.6 Å². The molecule has 1 amide bonds. The summed E-state index contributed by atoms with van der Waals surface area (Å²) in [6.45, 7) is 12.1. The van der Waals surface area contributed by atoms with Crippen LogP contribution >= 0.6 is 15.9 Å². The number of carboxylic acid groups (broad SMARTS) is 1. The number of hydrogen-bond acceptors (Lipinski definition) is 4. The maximum atomic E-state index is 12.7. The van der Waals surface area contributed by atoms with Gasteiger partial charge in [0.25, 0.3) is 0 Å². The summed E-state index contributed by atoms with van der Waals surface area (Å²) in [4.78, 5) is 37.5. The Kier molecular flexibility index (Phi) is 7.90. The monoisotopic (exact) mass is 507 g/mol. The summed E-state index contributed by atoms with van der Waals surface area (Å²) in [6.07, 6.45) is -0.135. The van der Waals surface area contributed by atoms with E-state index in [4.69, 9.17) is 4.43 Å². The molecule has 0 aliphatic carbocycles. The topological polar surface area (TPSA) is 83.9 Å². The van der Waals surface area contributed by atoms with Crippen molar-refractivity contribution in [2.45, 2.75) is 64.4 Å². The number of carboxylic acids is 1. The molecule has 1 aliphatic heterocycles. The molecule has 0 aromatic heterocycles. The number of nitrogens with zero attached hydrogens (tertiary/aromatic N) is 1. The van der Waals surface area contributed by atoms with Gasteiger partial charge in [-0.3, -0.25) is 14.4 Å². The number of ketones is 1. The number of hydrogen-bond donors (Lipinski definition) is 1. The standard InChI is InChI=1S/C23H30BrNO5Si/c1-15(30-31(5,6)23(2,3)4)21-18(25(22(21)29)14-20(27)28)8-7-9-19(26)16-10-12-17(24)13-11-16/h10-13,15,18,21H,8,14H2,1-6H3,(H,27,28)/t15-,18+,21+/m1/s1. The highest BCUT2D eigenvalue weighted by Crippen LogP contribution is 2.40. The Balaban J connectivity index is 2.16. The largest absolute Gasteiger partial charge is 0.480 e. The number of carbonyl (C=O) groups is 3. The number of aliphatic carboxylic acids is 1. The van der Waals surface area contributed by atoms with E-state index in [0.29, 0.717) is 5.56 Å². The van der Waals surface area contributed by atoms with Gasteiger partial charge >= 0.3 is 5.97 Å². The molecular weight excluding hydrogens is 478 g/mol. The summed E-state index contributed by atoms with van der Waals surface area (Å²) in [5.41, 5.74) is 0.481. The van der Waals surface area contributed by atoms with Crippen LogP contribution in [-0.4, -0.2) is 54.7 Å². The Hall–Kier alpha value is -1.95. The molecule has 0 saturated carbocycles. The van der Waals surface area contributed by atoms with Gasteiger partial charge < -0.3 is 14.4 Å². The minimum Gasteiger partial charge on any atom is -0.480 e. The van der Waals surface area contributed by atoms with E-state index >= 15 is 0 Å². The zero-order chi connectivity index (χ0) is 23.6. The molecule has 2 rings (SSSR count). The van der Waals surface area contributed by atoms with E-state index in [-0.39, 0.29) is 35.8 Å². The van der Waals surface area contributed by atoms with Gasteiger partial charge in [-0.25, -0.2) is 0 Å². The number of likely N-dealkylation sites (tertiary alicyclic amines) is 1. The van der Waals surface area contributed by atoms with Crippen molar-refractivity contribution in [3.8, 4) is 11.8 Å². The second-order valence-electron chi connectivity index (χ2n) is 9.38. The quantitative estimate of drug-likeness (QED) is 0.195. The van der Waals surface area contributed by atoms with Crippen molar-refractivity contribution >= 4 is 41.9 Å². The molecule has 0 unspecified atom stereocenters. The molecule has 1 aromatic rings. The lowest BCUT2D eigenvalue weighted by atomic mass is 9.81. The van der Waals surface area contributed by atoms with Crippen molar-refractivity contribution in [3.05, 3.63) is 34.3 Å². The fourth-order valence-electron chi connectivity index (χ4n) is 3.35. The number of halogens is 1.